The van der Waals surface area contributed by atoms with Crippen molar-refractivity contribution in [3.05, 3.63) is 0 Å². The minimum absolute atomic E-state index is 0.0974. The number of carboxylic acid groups (broad SMARTS) is 1. The number of nitrogens with zero attached hydrogens (tertiary/aromatic N) is 1. The molecular weight excluding hydrogens is 250 g/mol. The lowest BCUT2D eigenvalue weighted by atomic mass is 10.1. The molecule has 1 atom stereocenters. The minimum Gasteiger partial charge on any atom is -0.480 e. The Bertz CT molecular complexity index is 320. The zero-order valence-corrected chi connectivity index (χ0v) is 11.7. The molecule has 0 aliphatic rings. The number of unbranched alkanes of at least 4 members (excludes halogenated alkanes) is 1. The number of hydrogen-bond acceptors (Lipinski definition) is 3. The lowest BCUT2D eigenvalue weighted by Crippen LogP contribution is -2.49. The summed E-state index contributed by atoms with van der Waals surface area (Å²) in [6.45, 7) is 4.12. The second-order valence-electron chi connectivity index (χ2n) is 4.29. The fraction of sp³-hybridized carbons (Fsp3) is 0.750. The van der Waals surface area contributed by atoms with Crippen LogP contribution in [0.4, 0.5) is 4.79 Å². The average molecular weight is 273 g/mol. The summed E-state index contributed by atoms with van der Waals surface area (Å²) in [5.74, 6) is -1.34. The van der Waals surface area contributed by atoms with Gasteiger partial charge in [-0.3, -0.25) is 4.79 Å². The van der Waals surface area contributed by atoms with E-state index in [2.05, 4.69) is 10.6 Å². The van der Waals surface area contributed by atoms with Crippen LogP contribution in [0.5, 0.6) is 0 Å². The predicted molar refractivity (Wildman–Crippen MR) is 70.8 cm³/mol. The number of hydrogen-bond donors (Lipinski definition) is 3. The van der Waals surface area contributed by atoms with Crippen molar-refractivity contribution < 1.29 is 19.5 Å². The molecule has 0 aromatic heterocycles. The van der Waals surface area contributed by atoms with Gasteiger partial charge in [0.2, 0.25) is 5.91 Å². The molecule has 1 unspecified atom stereocenters. The van der Waals surface area contributed by atoms with Crippen LogP contribution in [0.1, 0.15) is 33.1 Å². The summed E-state index contributed by atoms with van der Waals surface area (Å²) >= 11 is 0. The van der Waals surface area contributed by atoms with Gasteiger partial charge in [-0.15, -0.1) is 0 Å². The van der Waals surface area contributed by atoms with E-state index in [0.29, 0.717) is 13.0 Å². The lowest BCUT2D eigenvalue weighted by Gasteiger charge is -2.20. The zero-order valence-electron chi connectivity index (χ0n) is 11.7. The van der Waals surface area contributed by atoms with E-state index in [0.717, 1.165) is 17.7 Å². The number of amides is 3. The first-order chi connectivity index (χ1) is 8.92. The molecule has 7 nitrogen and oxygen atoms in total. The number of likely N-dealkylation sites (N-methyl/N-ethyl adjacent to an activating group) is 2. The van der Waals surface area contributed by atoms with Crippen molar-refractivity contribution in [3.8, 4) is 0 Å². The molecule has 0 saturated carbocycles. The van der Waals surface area contributed by atoms with Crippen LogP contribution in [0.25, 0.3) is 0 Å². The molecule has 0 radical (unpaired) electrons. The maximum Gasteiger partial charge on any atom is 0.326 e. The number of carboxylic acids is 1. The molecule has 0 aromatic carbocycles. The summed E-state index contributed by atoms with van der Waals surface area (Å²) in [6.07, 6.45) is 1.96. The van der Waals surface area contributed by atoms with E-state index in [1.165, 1.54) is 7.05 Å². The molecule has 0 aliphatic heterocycles. The Labute approximate surface area is 113 Å². The summed E-state index contributed by atoms with van der Waals surface area (Å²) in [5, 5.41) is 14.0. The van der Waals surface area contributed by atoms with Crippen LogP contribution in [0.2, 0.25) is 0 Å². The molecule has 0 fully saturated rings. The largest absolute Gasteiger partial charge is 0.480 e. The summed E-state index contributed by atoms with van der Waals surface area (Å²) in [7, 11) is 1.45. The van der Waals surface area contributed by atoms with Crippen molar-refractivity contribution >= 4 is 17.9 Å². The third-order valence-corrected chi connectivity index (χ3v) is 2.54. The Morgan fingerprint density at radius 3 is 2.37 bits per heavy atom. The second-order valence-corrected chi connectivity index (χ2v) is 4.29. The maximum absolute atomic E-state index is 11.7. The highest BCUT2D eigenvalue weighted by molar-refractivity contribution is 5.86. The van der Waals surface area contributed by atoms with Crippen LogP contribution in [-0.4, -0.2) is 54.1 Å². The Balaban J connectivity index is 4.30. The average Bonchev–Trinajstić information content (AvgIpc) is 2.33. The van der Waals surface area contributed by atoms with E-state index in [1.807, 2.05) is 6.92 Å². The van der Waals surface area contributed by atoms with Crippen molar-refractivity contribution in [1.29, 1.82) is 0 Å². The van der Waals surface area contributed by atoms with Crippen LogP contribution < -0.4 is 10.6 Å². The van der Waals surface area contributed by atoms with E-state index in [4.69, 9.17) is 5.11 Å². The summed E-state index contributed by atoms with van der Waals surface area (Å²) in [6, 6.07) is -1.47. The van der Waals surface area contributed by atoms with Gasteiger partial charge in [-0.1, -0.05) is 19.8 Å². The van der Waals surface area contributed by atoms with Gasteiger partial charge in [0.1, 0.15) is 12.6 Å². The molecule has 0 heterocycles. The highest BCUT2D eigenvalue weighted by atomic mass is 16.4. The number of rotatable bonds is 8. The molecule has 7 heteroatoms. The fourth-order valence-corrected chi connectivity index (χ4v) is 1.47. The Morgan fingerprint density at radius 2 is 1.89 bits per heavy atom. The van der Waals surface area contributed by atoms with Gasteiger partial charge in [0, 0.05) is 13.6 Å². The van der Waals surface area contributed by atoms with Crippen LogP contribution in [0.3, 0.4) is 0 Å². The SMILES string of the molecule is CCCCC(NC(=O)N(C)CC(=O)NCC)C(=O)O. The van der Waals surface area contributed by atoms with Gasteiger partial charge in [-0.05, 0) is 13.3 Å². The number of aliphatic carboxylic acids is 1. The van der Waals surface area contributed by atoms with E-state index in [9.17, 15) is 14.4 Å². The van der Waals surface area contributed by atoms with Crippen LogP contribution in [0.15, 0.2) is 0 Å². The normalized spacial score (nSPS) is 11.5. The van der Waals surface area contributed by atoms with Gasteiger partial charge in [0.25, 0.3) is 0 Å². The summed E-state index contributed by atoms with van der Waals surface area (Å²) < 4.78 is 0. The lowest BCUT2D eigenvalue weighted by molar-refractivity contribution is -0.139. The molecule has 19 heavy (non-hydrogen) atoms. The van der Waals surface area contributed by atoms with Gasteiger partial charge in [-0.2, -0.15) is 0 Å². The van der Waals surface area contributed by atoms with E-state index in [-0.39, 0.29) is 12.5 Å². The number of carbonyl (C=O) groups is 3. The summed E-state index contributed by atoms with van der Waals surface area (Å²) in [5.41, 5.74) is 0. The minimum atomic E-state index is -1.06. The molecule has 0 aromatic rings. The first kappa shape index (κ1) is 17.2. The molecule has 0 saturated heterocycles. The van der Waals surface area contributed by atoms with Gasteiger partial charge < -0.3 is 20.6 Å². The molecule has 3 amide bonds. The molecular formula is C12H23N3O4. The van der Waals surface area contributed by atoms with Crippen molar-refractivity contribution in [3.63, 3.8) is 0 Å². The van der Waals surface area contributed by atoms with E-state index < -0.39 is 18.0 Å². The van der Waals surface area contributed by atoms with Crippen LogP contribution in [-0.2, 0) is 9.59 Å². The van der Waals surface area contributed by atoms with Crippen molar-refractivity contribution in [2.75, 3.05) is 20.1 Å². The molecule has 0 aliphatic carbocycles. The Hall–Kier alpha value is -1.79. The maximum atomic E-state index is 11.7. The Morgan fingerprint density at radius 1 is 1.26 bits per heavy atom. The highest BCUT2D eigenvalue weighted by Gasteiger charge is 2.21. The Kier molecular flexibility index (Phi) is 8.32. The first-order valence-electron chi connectivity index (χ1n) is 6.43. The predicted octanol–water partition coefficient (Wildman–Crippen LogP) is 0.407. The van der Waals surface area contributed by atoms with Crippen LogP contribution in [0, 0.1) is 0 Å². The van der Waals surface area contributed by atoms with Crippen molar-refractivity contribution in [2.24, 2.45) is 0 Å². The fourth-order valence-electron chi connectivity index (χ4n) is 1.47. The molecule has 0 rings (SSSR count). The van der Waals surface area contributed by atoms with Gasteiger partial charge >= 0.3 is 12.0 Å². The quantitative estimate of drug-likeness (QED) is 0.596. The second kappa shape index (κ2) is 9.18. The number of carbonyl (C=O) groups excluding carboxylic acids is 2. The van der Waals surface area contributed by atoms with Crippen molar-refractivity contribution in [1.82, 2.24) is 15.5 Å². The van der Waals surface area contributed by atoms with Gasteiger partial charge in [0.05, 0.1) is 0 Å². The number of urea groups is 1. The van der Waals surface area contributed by atoms with Crippen molar-refractivity contribution in [2.45, 2.75) is 39.2 Å². The third-order valence-electron chi connectivity index (χ3n) is 2.54. The van der Waals surface area contributed by atoms with Crippen LogP contribution >= 0.6 is 0 Å². The molecule has 3 N–H and O–H groups in total. The van der Waals surface area contributed by atoms with E-state index >= 15 is 0 Å². The molecule has 0 bridgehead atoms. The van der Waals surface area contributed by atoms with Gasteiger partial charge in [0.15, 0.2) is 0 Å². The topological polar surface area (TPSA) is 98.7 Å². The molecule has 0 spiro atoms. The smallest absolute Gasteiger partial charge is 0.326 e. The molecule has 110 valence electrons. The standard InChI is InChI=1S/C12H23N3O4/c1-4-6-7-9(11(17)18)14-12(19)15(3)8-10(16)13-5-2/h9H,4-8H2,1-3H3,(H,13,16)(H,14,19)(H,17,18). The highest BCUT2D eigenvalue weighted by Crippen LogP contribution is 2.01. The van der Waals surface area contributed by atoms with Gasteiger partial charge in [-0.25, -0.2) is 9.59 Å². The third kappa shape index (κ3) is 7.28. The van der Waals surface area contributed by atoms with E-state index in [1.54, 1.807) is 6.92 Å². The monoisotopic (exact) mass is 273 g/mol. The number of nitrogens with one attached hydrogen (secondary N) is 2. The summed E-state index contributed by atoms with van der Waals surface area (Å²) in [4.78, 5) is 35.2. The first-order valence-corrected chi connectivity index (χ1v) is 6.43. The zero-order chi connectivity index (χ0) is 14.8.